The molecule has 2 rings (SSSR count). The molecule has 1 aromatic rings. The van der Waals surface area contributed by atoms with Gasteiger partial charge in [-0.2, -0.15) is 0 Å². The number of fused-ring (bicyclic) bond motifs is 1. The Kier molecular flexibility index (Phi) is 4.96. The van der Waals surface area contributed by atoms with E-state index in [-0.39, 0.29) is 17.9 Å². The molecule has 0 radical (unpaired) electrons. The summed E-state index contributed by atoms with van der Waals surface area (Å²) in [5.41, 5.74) is 3.18. The molecule has 5 heteroatoms. The van der Waals surface area contributed by atoms with Crippen LogP contribution in [-0.4, -0.2) is 38.6 Å². The van der Waals surface area contributed by atoms with E-state index in [1.807, 2.05) is 19.1 Å². The fourth-order valence-corrected chi connectivity index (χ4v) is 2.72. The molecule has 1 aromatic carbocycles. The number of benzene rings is 1. The van der Waals surface area contributed by atoms with Crippen molar-refractivity contribution >= 4 is 17.6 Å². The minimum absolute atomic E-state index is 0.0512. The standard InChI is InChI=1S/C16H22N2O3/c1-4-17-13(10-16(20)21-3)8-11-5-6-14-12(7-11)9-15(19)18(14)2/h5-7,13,17H,4,8-10H2,1-3H3. The van der Waals surface area contributed by atoms with E-state index in [1.54, 1.807) is 11.9 Å². The normalized spacial score (nSPS) is 15.0. The van der Waals surface area contributed by atoms with Crippen LogP contribution < -0.4 is 10.2 Å². The number of nitrogens with one attached hydrogen (secondary N) is 1. The Labute approximate surface area is 125 Å². The highest BCUT2D eigenvalue weighted by molar-refractivity contribution is 6.00. The molecule has 1 aliphatic heterocycles. The maximum atomic E-state index is 11.7. The van der Waals surface area contributed by atoms with E-state index in [1.165, 1.54) is 7.11 Å². The van der Waals surface area contributed by atoms with Crippen molar-refractivity contribution in [2.24, 2.45) is 0 Å². The van der Waals surface area contributed by atoms with Gasteiger partial charge in [-0.3, -0.25) is 9.59 Å². The smallest absolute Gasteiger partial charge is 0.307 e. The monoisotopic (exact) mass is 290 g/mol. The molecule has 0 aromatic heterocycles. The highest BCUT2D eigenvalue weighted by atomic mass is 16.5. The third kappa shape index (κ3) is 3.61. The second-order valence-electron chi connectivity index (χ2n) is 5.33. The molecule has 0 spiro atoms. The van der Waals surface area contributed by atoms with Crippen molar-refractivity contribution in [3.8, 4) is 0 Å². The maximum Gasteiger partial charge on any atom is 0.307 e. The largest absolute Gasteiger partial charge is 0.469 e. The predicted octanol–water partition coefficient (Wildman–Crippen LogP) is 1.29. The second kappa shape index (κ2) is 6.72. The van der Waals surface area contributed by atoms with Crippen LogP contribution in [0.2, 0.25) is 0 Å². The van der Waals surface area contributed by atoms with Gasteiger partial charge in [0.05, 0.1) is 20.0 Å². The van der Waals surface area contributed by atoms with Crippen molar-refractivity contribution in [2.75, 3.05) is 25.6 Å². The predicted molar refractivity (Wildman–Crippen MR) is 81.4 cm³/mol. The number of methoxy groups -OCH3 is 1. The Morgan fingerprint density at radius 3 is 2.90 bits per heavy atom. The summed E-state index contributed by atoms with van der Waals surface area (Å²) in [4.78, 5) is 24.8. The van der Waals surface area contributed by atoms with Gasteiger partial charge in [0.2, 0.25) is 5.91 Å². The molecule has 114 valence electrons. The average Bonchev–Trinajstić information content (AvgIpc) is 2.73. The molecule has 1 atom stereocenters. The molecule has 0 bridgehead atoms. The van der Waals surface area contributed by atoms with Gasteiger partial charge in [-0.05, 0) is 30.2 Å². The van der Waals surface area contributed by atoms with Gasteiger partial charge in [-0.1, -0.05) is 19.1 Å². The highest BCUT2D eigenvalue weighted by Crippen LogP contribution is 2.28. The third-order valence-electron chi connectivity index (χ3n) is 3.84. The first-order chi connectivity index (χ1) is 10.0. The number of anilines is 1. The highest BCUT2D eigenvalue weighted by Gasteiger charge is 2.24. The van der Waals surface area contributed by atoms with Crippen LogP contribution in [0.5, 0.6) is 0 Å². The number of nitrogens with zero attached hydrogens (tertiary/aromatic N) is 1. The Morgan fingerprint density at radius 2 is 2.24 bits per heavy atom. The lowest BCUT2D eigenvalue weighted by Gasteiger charge is -2.17. The number of ether oxygens (including phenoxy) is 1. The quantitative estimate of drug-likeness (QED) is 0.802. The molecule has 1 unspecified atom stereocenters. The van der Waals surface area contributed by atoms with Crippen molar-refractivity contribution in [1.29, 1.82) is 0 Å². The molecule has 0 aliphatic carbocycles. The van der Waals surface area contributed by atoms with E-state index < -0.39 is 0 Å². The molecule has 1 amide bonds. The van der Waals surface area contributed by atoms with Crippen molar-refractivity contribution < 1.29 is 14.3 Å². The zero-order chi connectivity index (χ0) is 15.4. The van der Waals surface area contributed by atoms with Crippen LogP contribution in [0.3, 0.4) is 0 Å². The Morgan fingerprint density at radius 1 is 1.48 bits per heavy atom. The fourth-order valence-electron chi connectivity index (χ4n) is 2.72. The van der Waals surface area contributed by atoms with Gasteiger partial charge in [-0.15, -0.1) is 0 Å². The van der Waals surface area contributed by atoms with E-state index >= 15 is 0 Å². The molecule has 0 saturated carbocycles. The van der Waals surface area contributed by atoms with Crippen LogP contribution in [0.15, 0.2) is 18.2 Å². The first kappa shape index (κ1) is 15.5. The van der Waals surface area contributed by atoms with Gasteiger partial charge in [-0.25, -0.2) is 0 Å². The van der Waals surface area contributed by atoms with E-state index in [0.29, 0.717) is 12.8 Å². The summed E-state index contributed by atoms with van der Waals surface area (Å²) in [6.45, 7) is 2.81. The number of rotatable bonds is 6. The van der Waals surface area contributed by atoms with Crippen LogP contribution in [-0.2, 0) is 27.2 Å². The Balaban J connectivity index is 2.09. The summed E-state index contributed by atoms with van der Waals surface area (Å²) in [7, 11) is 3.20. The zero-order valence-electron chi connectivity index (χ0n) is 12.8. The molecule has 1 heterocycles. The summed E-state index contributed by atoms with van der Waals surface area (Å²) in [5.74, 6) is -0.0861. The number of likely N-dealkylation sites (N-methyl/N-ethyl adjacent to an activating group) is 2. The van der Waals surface area contributed by atoms with Crippen molar-refractivity contribution in [2.45, 2.75) is 32.2 Å². The van der Waals surface area contributed by atoms with Crippen molar-refractivity contribution in [3.63, 3.8) is 0 Å². The number of carbonyl (C=O) groups is 2. The van der Waals surface area contributed by atoms with E-state index in [2.05, 4.69) is 11.4 Å². The van der Waals surface area contributed by atoms with E-state index in [0.717, 1.165) is 29.8 Å². The minimum atomic E-state index is -0.211. The van der Waals surface area contributed by atoms with Crippen molar-refractivity contribution in [1.82, 2.24) is 5.32 Å². The van der Waals surface area contributed by atoms with Crippen LogP contribution in [0.1, 0.15) is 24.5 Å². The van der Waals surface area contributed by atoms with Crippen LogP contribution in [0.4, 0.5) is 5.69 Å². The summed E-state index contributed by atoms with van der Waals surface area (Å²) >= 11 is 0. The van der Waals surface area contributed by atoms with Crippen LogP contribution in [0, 0.1) is 0 Å². The van der Waals surface area contributed by atoms with Gasteiger partial charge in [0.25, 0.3) is 0 Å². The van der Waals surface area contributed by atoms with Gasteiger partial charge in [0.1, 0.15) is 0 Å². The summed E-state index contributed by atoms with van der Waals surface area (Å²) in [6.07, 6.45) is 1.55. The molecule has 5 nitrogen and oxygen atoms in total. The maximum absolute atomic E-state index is 11.7. The minimum Gasteiger partial charge on any atom is -0.469 e. The third-order valence-corrected chi connectivity index (χ3v) is 3.84. The summed E-state index contributed by atoms with van der Waals surface area (Å²) < 4.78 is 4.74. The molecular weight excluding hydrogens is 268 g/mol. The summed E-state index contributed by atoms with van der Waals surface area (Å²) in [6, 6.07) is 6.13. The molecule has 21 heavy (non-hydrogen) atoms. The number of amides is 1. The van der Waals surface area contributed by atoms with Crippen LogP contribution >= 0.6 is 0 Å². The molecule has 1 aliphatic rings. The lowest BCUT2D eigenvalue weighted by molar-refractivity contribution is -0.141. The number of carbonyl (C=O) groups excluding carboxylic acids is 2. The topological polar surface area (TPSA) is 58.6 Å². The average molecular weight is 290 g/mol. The zero-order valence-corrected chi connectivity index (χ0v) is 12.8. The van der Waals surface area contributed by atoms with Crippen LogP contribution in [0.25, 0.3) is 0 Å². The number of hydrogen-bond donors (Lipinski definition) is 1. The summed E-state index contributed by atoms with van der Waals surface area (Å²) in [5, 5.41) is 3.30. The second-order valence-corrected chi connectivity index (χ2v) is 5.33. The lowest BCUT2D eigenvalue weighted by Crippen LogP contribution is -2.33. The first-order valence-electron chi connectivity index (χ1n) is 7.23. The Bertz CT molecular complexity index is 542. The van der Waals surface area contributed by atoms with Gasteiger partial charge >= 0.3 is 5.97 Å². The van der Waals surface area contributed by atoms with Gasteiger partial charge in [0.15, 0.2) is 0 Å². The number of esters is 1. The molecule has 0 fully saturated rings. The lowest BCUT2D eigenvalue weighted by atomic mass is 10.00. The Hall–Kier alpha value is -1.88. The van der Waals surface area contributed by atoms with E-state index in [4.69, 9.17) is 4.74 Å². The van der Waals surface area contributed by atoms with E-state index in [9.17, 15) is 9.59 Å². The first-order valence-corrected chi connectivity index (χ1v) is 7.23. The fraction of sp³-hybridized carbons (Fsp3) is 0.500. The van der Waals surface area contributed by atoms with Crippen molar-refractivity contribution in [3.05, 3.63) is 29.3 Å². The number of hydrogen-bond acceptors (Lipinski definition) is 4. The van der Waals surface area contributed by atoms with Gasteiger partial charge in [0, 0.05) is 18.8 Å². The SMILES string of the molecule is CCNC(CC(=O)OC)Cc1ccc2c(c1)CC(=O)N2C. The molecule has 0 saturated heterocycles. The molecular formula is C16H22N2O3. The van der Waals surface area contributed by atoms with Gasteiger partial charge < -0.3 is 15.0 Å². The molecule has 1 N–H and O–H groups in total.